The van der Waals surface area contributed by atoms with Crippen molar-refractivity contribution in [2.45, 2.75) is 25.7 Å². The first-order valence-corrected chi connectivity index (χ1v) is 6.79. The first-order valence-electron chi connectivity index (χ1n) is 6.79. The maximum atomic E-state index is 14.3. The van der Waals surface area contributed by atoms with Gasteiger partial charge in [-0.1, -0.05) is 11.2 Å². The number of carbonyl (C=O) groups is 1. The van der Waals surface area contributed by atoms with Crippen molar-refractivity contribution in [3.63, 3.8) is 0 Å². The average Bonchev–Trinajstić information content (AvgIpc) is 2.83. The molecule has 1 aliphatic rings. The van der Waals surface area contributed by atoms with Crippen LogP contribution in [0.25, 0.3) is 0 Å². The van der Waals surface area contributed by atoms with Gasteiger partial charge in [-0.05, 0) is 25.5 Å². The van der Waals surface area contributed by atoms with Gasteiger partial charge in [0.05, 0.1) is 5.92 Å². The normalized spacial score (nSPS) is 15.7. The van der Waals surface area contributed by atoms with Crippen molar-refractivity contribution in [1.29, 1.82) is 0 Å². The molecule has 0 N–H and O–H groups in total. The Morgan fingerprint density at radius 2 is 2.14 bits per heavy atom. The number of rotatable bonds is 3. The molecule has 0 aromatic carbocycles. The third-order valence-corrected chi connectivity index (χ3v) is 3.64. The zero-order valence-corrected chi connectivity index (χ0v) is 12.1. The predicted molar refractivity (Wildman–Crippen MR) is 71.2 cm³/mol. The smallest absolute Gasteiger partial charge is 0.339 e. The number of hydrogen-bond donors (Lipinski definition) is 0. The molecule has 0 radical (unpaired) electrons. The molecular formula is C14H14F2N4O2. The summed E-state index contributed by atoms with van der Waals surface area (Å²) in [5, 5.41) is 3.65. The van der Waals surface area contributed by atoms with Crippen LogP contribution >= 0.6 is 0 Å². The molecule has 3 rings (SSSR count). The number of nitrogens with zero attached hydrogens (tertiary/aromatic N) is 4. The molecule has 0 aliphatic carbocycles. The second-order valence-corrected chi connectivity index (χ2v) is 5.33. The third-order valence-electron chi connectivity index (χ3n) is 3.64. The molecule has 1 saturated heterocycles. The molecule has 1 aliphatic heterocycles. The van der Waals surface area contributed by atoms with Crippen molar-refractivity contribution in [2.24, 2.45) is 0 Å². The molecule has 0 unspecified atom stereocenters. The van der Waals surface area contributed by atoms with Crippen molar-refractivity contribution in [2.75, 3.05) is 13.1 Å². The number of halogens is 2. The van der Waals surface area contributed by atoms with Crippen LogP contribution in [-0.4, -0.2) is 39.0 Å². The standard InChI is InChI=1S/C14H14F2N4O2/c1-8-4-3-5-17-11(8)14(15,16)13(21)20-6-10(7-20)12-18-9(2)19-22-12/h3-5,10H,6-7H2,1-2H3. The SMILES string of the molecule is Cc1noc(C2CN(C(=O)C(F)(F)c3ncccc3C)C2)n1. The fourth-order valence-electron chi connectivity index (χ4n) is 2.39. The van der Waals surface area contributed by atoms with Crippen LogP contribution in [0.2, 0.25) is 0 Å². The number of hydrogen-bond acceptors (Lipinski definition) is 5. The molecule has 3 heterocycles. The van der Waals surface area contributed by atoms with Crippen molar-refractivity contribution in [3.05, 3.63) is 41.3 Å². The van der Waals surface area contributed by atoms with Crippen molar-refractivity contribution < 1.29 is 18.1 Å². The summed E-state index contributed by atoms with van der Waals surface area (Å²) in [6.45, 7) is 3.46. The third kappa shape index (κ3) is 2.34. The minimum atomic E-state index is -3.64. The summed E-state index contributed by atoms with van der Waals surface area (Å²) in [6, 6.07) is 3.06. The Morgan fingerprint density at radius 1 is 1.41 bits per heavy atom. The van der Waals surface area contributed by atoms with Gasteiger partial charge in [0, 0.05) is 19.3 Å². The van der Waals surface area contributed by atoms with Gasteiger partial charge >= 0.3 is 5.92 Å². The highest BCUT2D eigenvalue weighted by Crippen LogP contribution is 2.35. The van der Waals surface area contributed by atoms with E-state index < -0.39 is 17.5 Å². The van der Waals surface area contributed by atoms with E-state index in [4.69, 9.17) is 4.52 Å². The summed E-state index contributed by atoms with van der Waals surface area (Å²) in [5.41, 5.74) is -0.220. The summed E-state index contributed by atoms with van der Waals surface area (Å²) in [5.74, 6) is -4.22. The monoisotopic (exact) mass is 308 g/mol. The summed E-state index contributed by atoms with van der Waals surface area (Å²) in [4.78, 5) is 20.8. The average molecular weight is 308 g/mol. The van der Waals surface area contributed by atoms with Crippen LogP contribution in [0.4, 0.5) is 8.78 Å². The fraction of sp³-hybridized carbons (Fsp3) is 0.429. The lowest BCUT2D eigenvalue weighted by molar-refractivity contribution is -0.164. The van der Waals surface area contributed by atoms with Gasteiger partial charge in [0.25, 0.3) is 5.91 Å². The molecule has 116 valence electrons. The Kier molecular flexibility index (Phi) is 3.38. The minimum absolute atomic E-state index is 0.141. The van der Waals surface area contributed by atoms with Crippen LogP contribution in [-0.2, 0) is 10.7 Å². The lowest BCUT2D eigenvalue weighted by Gasteiger charge is -2.38. The van der Waals surface area contributed by atoms with Crippen LogP contribution < -0.4 is 0 Å². The van der Waals surface area contributed by atoms with Crippen molar-refractivity contribution in [3.8, 4) is 0 Å². The number of likely N-dealkylation sites (tertiary alicyclic amines) is 1. The molecule has 0 bridgehead atoms. The molecule has 0 spiro atoms. The van der Waals surface area contributed by atoms with Gasteiger partial charge in [-0.15, -0.1) is 0 Å². The Hall–Kier alpha value is -2.38. The summed E-state index contributed by atoms with van der Waals surface area (Å²) in [7, 11) is 0. The van der Waals surface area contributed by atoms with Crippen LogP contribution in [0.3, 0.4) is 0 Å². The molecule has 0 saturated carbocycles. The molecule has 22 heavy (non-hydrogen) atoms. The number of carbonyl (C=O) groups excluding carboxylic acids is 1. The van der Waals surface area contributed by atoms with Gasteiger partial charge in [0.1, 0.15) is 5.69 Å². The lowest BCUT2D eigenvalue weighted by Crippen LogP contribution is -2.53. The Labute approximate surface area is 125 Å². The molecule has 2 aromatic heterocycles. The highest BCUT2D eigenvalue weighted by atomic mass is 19.3. The Morgan fingerprint density at radius 3 is 2.73 bits per heavy atom. The number of pyridine rings is 1. The van der Waals surface area contributed by atoms with Crippen LogP contribution in [0, 0.1) is 13.8 Å². The van der Waals surface area contributed by atoms with Gasteiger partial charge in [-0.25, -0.2) is 0 Å². The largest absolute Gasteiger partial charge is 0.366 e. The topological polar surface area (TPSA) is 72.1 Å². The molecule has 0 atom stereocenters. The van der Waals surface area contributed by atoms with E-state index in [0.29, 0.717) is 11.7 Å². The van der Waals surface area contributed by atoms with Gasteiger partial charge < -0.3 is 9.42 Å². The van der Waals surface area contributed by atoms with Crippen LogP contribution in [0.5, 0.6) is 0 Å². The first-order chi connectivity index (χ1) is 10.4. The second kappa shape index (κ2) is 5.11. The maximum Gasteiger partial charge on any atom is 0.366 e. The molecule has 1 amide bonds. The summed E-state index contributed by atoms with van der Waals surface area (Å²) < 4.78 is 33.6. The van der Waals surface area contributed by atoms with E-state index in [1.54, 1.807) is 13.0 Å². The quantitative estimate of drug-likeness (QED) is 0.864. The summed E-state index contributed by atoms with van der Waals surface area (Å²) in [6.07, 6.45) is 1.25. The van der Waals surface area contributed by atoms with Crippen LogP contribution in [0.15, 0.2) is 22.9 Å². The van der Waals surface area contributed by atoms with E-state index in [9.17, 15) is 13.6 Å². The van der Waals surface area contributed by atoms with E-state index >= 15 is 0 Å². The van der Waals surface area contributed by atoms with Gasteiger partial charge in [0.15, 0.2) is 5.82 Å². The number of aromatic nitrogens is 3. The van der Waals surface area contributed by atoms with E-state index in [0.717, 1.165) is 4.90 Å². The molecule has 2 aromatic rings. The predicted octanol–water partition coefficient (Wildman–Crippen LogP) is 1.80. The number of aryl methyl sites for hydroxylation is 2. The highest BCUT2D eigenvalue weighted by molar-refractivity contribution is 5.85. The van der Waals surface area contributed by atoms with Crippen molar-refractivity contribution in [1.82, 2.24) is 20.0 Å². The maximum absolute atomic E-state index is 14.3. The van der Waals surface area contributed by atoms with E-state index in [-0.39, 0.29) is 24.6 Å². The van der Waals surface area contributed by atoms with E-state index in [2.05, 4.69) is 15.1 Å². The Balaban J connectivity index is 1.72. The zero-order chi connectivity index (χ0) is 15.9. The van der Waals surface area contributed by atoms with Gasteiger partial charge in [-0.2, -0.15) is 13.8 Å². The zero-order valence-electron chi connectivity index (χ0n) is 12.1. The lowest BCUT2D eigenvalue weighted by atomic mass is 9.98. The summed E-state index contributed by atoms with van der Waals surface area (Å²) >= 11 is 0. The van der Waals surface area contributed by atoms with Gasteiger partial charge in [0.2, 0.25) is 5.89 Å². The van der Waals surface area contributed by atoms with E-state index in [1.807, 2.05) is 0 Å². The van der Waals surface area contributed by atoms with Crippen LogP contribution in [0.1, 0.15) is 28.9 Å². The second-order valence-electron chi connectivity index (χ2n) is 5.33. The molecule has 8 heteroatoms. The van der Waals surface area contributed by atoms with Crippen molar-refractivity contribution >= 4 is 5.91 Å². The molecule has 6 nitrogen and oxygen atoms in total. The van der Waals surface area contributed by atoms with Gasteiger partial charge in [-0.3, -0.25) is 9.78 Å². The van der Waals surface area contributed by atoms with E-state index in [1.165, 1.54) is 19.2 Å². The highest BCUT2D eigenvalue weighted by Gasteiger charge is 2.50. The number of amides is 1. The molecule has 1 fully saturated rings. The minimum Gasteiger partial charge on any atom is -0.339 e. The fourth-order valence-corrected chi connectivity index (χ4v) is 2.39. The Bertz CT molecular complexity index is 710. The first kappa shape index (κ1) is 14.6. The number of alkyl halides is 2. The molecular weight excluding hydrogens is 294 g/mol.